The Morgan fingerprint density at radius 3 is 2.64 bits per heavy atom. The molecule has 1 aromatic rings. The molecule has 0 heterocycles. The van der Waals surface area contributed by atoms with E-state index in [4.69, 9.17) is 4.74 Å². The maximum atomic E-state index is 12.1. The number of nitrogens with one attached hydrogen (secondary N) is 1. The summed E-state index contributed by atoms with van der Waals surface area (Å²) in [5, 5.41) is 3.21. The minimum absolute atomic E-state index is 0.252. The summed E-state index contributed by atoms with van der Waals surface area (Å²) >= 11 is 0. The molecular weight excluding hydrogens is 274 g/mol. The van der Waals surface area contributed by atoms with Gasteiger partial charge < -0.3 is 10.1 Å². The van der Waals surface area contributed by atoms with Crippen molar-refractivity contribution in [2.24, 2.45) is 5.92 Å². The highest BCUT2D eigenvalue weighted by Crippen LogP contribution is 2.41. The Hall–Kier alpha value is -1.51. The molecule has 2 aliphatic rings. The fraction of sp³-hybridized carbons (Fsp3) is 0.632. The van der Waals surface area contributed by atoms with E-state index in [0.717, 1.165) is 31.6 Å². The lowest BCUT2D eigenvalue weighted by Gasteiger charge is -2.10. The number of carbonyl (C=O) groups excluding carboxylic acids is 1. The lowest BCUT2D eigenvalue weighted by Crippen LogP contribution is -2.27. The summed E-state index contributed by atoms with van der Waals surface area (Å²) in [7, 11) is 0. The van der Waals surface area contributed by atoms with Crippen molar-refractivity contribution in [3.63, 3.8) is 0 Å². The van der Waals surface area contributed by atoms with E-state index in [1.165, 1.54) is 31.2 Å². The van der Waals surface area contributed by atoms with Gasteiger partial charge in [0.1, 0.15) is 5.75 Å². The number of benzene rings is 1. The van der Waals surface area contributed by atoms with E-state index in [1.807, 2.05) is 12.1 Å². The molecule has 22 heavy (non-hydrogen) atoms. The molecule has 3 nitrogen and oxygen atoms in total. The van der Waals surface area contributed by atoms with Gasteiger partial charge in [-0.2, -0.15) is 0 Å². The van der Waals surface area contributed by atoms with Crippen LogP contribution in [0, 0.1) is 5.92 Å². The van der Waals surface area contributed by atoms with Gasteiger partial charge in [-0.25, -0.2) is 0 Å². The topological polar surface area (TPSA) is 38.3 Å². The molecule has 2 aliphatic carbocycles. The normalized spacial score (nSPS) is 24.2. The molecule has 0 spiro atoms. The van der Waals surface area contributed by atoms with Crippen LogP contribution >= 0.6 is 0 Å². The Balaban J connectivity index is 1.44. The largest absolute Gasteiger partial charge is 0.494 e. The molecule has 0 aliphatic heterocycles. The molecule has 2 atom stereocenters. The standard InChI is InChI=1S/C19H27NO2/c1-2-11-22-16-9-7-15(8-10-16)17-13-18(17)20-19(21)12-14-5-3-4-6-14/h7-10,14,17-18H,2-6,11-13H2,1H3,(H,20,21). The van der Waals surface area contributed by atoms with Crippen LogP contribution in [0.4, 0.5) is 0 Å². The Kier molecular flexibility index (Phi) is 5.01. The van der Waals surface area contributed by atoms with Crippen LogP contribution < -0.4 is 10.1 Å². The molecular formula is C19H27NO2. The van der Waals surface area contributed by atoms with E-state index in [2.05, 4.69) is 24.4 Å². The summed E-state index contributed by atoms with van der Waals surface area (Å²) in [5.41, 5.74) is 1.31. The second-order valence-corrected chi connectivity index (χ2v) is 6.79. The van der Waals surface area contributed by atoms with Gasteiger partial charge in [-0.05, 0) is 49.3 Å². The van der Waals surface area contributed by atoms with Crippen molar-refractivity contribution in [3.8, 4) is 5.75 Å². The van der Waals surface area contributed by atoms with E-state index >= 15 is 0 Å². The molecule has 2 unspecified atom stereocenters. The summed E-state index contributed by atoms with van der Waals surface area (Å²) in [6.45, 7) is 2.88. The van der Waals surface area contributed by atoms with Crippen LogP contribution in [0.3, 0.4) is 0 Å². The van der Waals surface area contributed by atoms with Gasteiger partial charge >= 0.3 is 0 Å². The van der Waals surface area contributed by atoms with Crippen molar-refractivity contribution in [1.82, 2.24) is 5.32 Å². The van der Waals surface area contributed by atoms with Gasteiger partial charge in [0.25, 0.3) is 0 Å². The first-order valence-corrected chi connectivity index (χ1v) is 8.78. The first kappa shape index (κ1) is 15.4. The number of amides is 1. The van der Waals surface area contributed by atoms with Crippen LogP contribution in [0.5, 0.6) is 5.75 Å². The maximum absolute atomic E-state index is 12.1. The average Bonchev–Trinajstić information content (AvgIpc) is 3.08. The Morgan fingerprint density at radius 2 is 1.95 bits per heavy atom. The quantitative estimate of drug-likeness (QED) is 0.826. The first-order chi connectivity index (χ1) is 10.8. The lowest BCUT2D eigenvalue weighted by molar-refractivity contribution is -0.122. The minimum atomic E-state index is 0.252. The molecule has 1 N–H and O–H groups in total. The summed E-state index contributed by atoms with van der Waals surface area (Å²) in [6.07, 6.45) is 7.91. The monoisotopic (exact) mass is 301 g/mol. The second kappa shape index (κ2) is 7.17. The molecule has 1 amide bonds. The Labute approximate surface area is 133 Å². The van der Waals surface area contributed by atoms with Crippen LogP contribution in [0.2, 0.25) is 0 Å². The molecule has 0 saturated heterocycles. The van der Waals surface area contributed by atoms with Crippen LogP contribution in [0.25, 0.3) is 0 Å². The van der Waals surface area contributed by atoms with Crippen LogP contribution in [0.1, 0.15) is 63.4 Å². The smallest absolute Gasteiger partial charge is 0.220 e. The van der Waals surface area contributed by atoms with E-state index in [1.54, 1.807) is 0 Å². The van der Waals surface area contributed by atoms with E-state index < -0.39 is 0 Å². The molecule has 120 valence electrons. The lowest BCUT2D eigenvalue weighted by atomic mass is 10.0. The van der Waals surface area contributed by atoms with Crippen molar-refractivity contribution in [2.45, 2.75) is 63.8 Å². The fourth-order valence-corrected chi connectivity index (χ4v) is 3.50. The molecule has 1 aromatic carbocycles. The third-order valence-electron chi connectivity index (χ3n) is 4.87. The highest BCUT2D eigenvalue weighted by molar-refractivity contribution is 5.77. The highest BCUT2D eigenvalue weighted by atomic mass is 16.5. The molecule has 0 bridgehead atoms. The van der Waals surface area contributed by atoms with Gasteiger partial charge in [0.2, 0.25) is 5.91 Å². The molecule has 0 aromatic heterocycles. The van der Waals surface area contributed by atoms with Crippen molar-refractivity contribution in [3.05, 3.63) is 29.8 Å². The van der Waals surface area contributed by atoms with Gasteiger partial charge in [0, 0.05) is 18.4 Å². The fourth-order valence-electron chi connectivity index (χ4n) is 3.50. The van der Waals surface area contributed by atoms with Crippen LogP contribution in [-0.4, -0.2) is 18.6 Å². The SMILES string of the molecule is CCCOc1ccc(C2CC2NC(=O)CC2CCCC2)cc1. The highest BCUT2D eigenvalue weighted by Gasteiger charge is 2.39. The summed E-state index contributed by atoms with van der Waals surface area (Å²) in [6, 6.07) is 8.70. The van der Waals surface area contributed by atoms with Crippen molar-refractivity contribution in [2.75, 3.05) is 6.61 Å². The number of carbonyl (C=O) groups is 1. The van der Waals surface area contributed by atoms with Crippen molar-refractivity contribution < 1.29 is 9.53 Å². The van der Waals surface area contributed by atoms with Gasteiger partial charge in [-0.15, -0.1) is 0 Å². The molecule has 2 fully saturated rings. The van der Waals surface area contributed by atoms with E-state index in [0.29, 0.717) is 17.9 Å². The van der Waals surface area contributed by atoms with Crippen LogP contribution in [0.15, 0.2) is 24.3 Å². The number of hydrogen-bond donors (Lipinski definition) is 1. The van der Waals surface area contributed by atoms with Gasteiger partial charge in [-0.3, -0.25) is 4.79 Å². The molecule has 2 saturated carbocycles. The molecule has 3 heteroatoms. The third kappa shape index (κ3) is 4.02. The summed E-state index contributed by atoms with van der Waals surface area (Å²) < 4.78 is 5.61. The van der Waals surface area contributed by atoms with E-state index in [-0.39, 0.29) is 5.91 Å². The van der Waals surface area contributed by atoms with Crippen molar-refractivity contribution >= 4 is 5.91 Å². The number of hydrogen-bond acceptors (Lipinski definition) is 2. The maximum Gasteiger partial charge on any atom is 0.220 e. The van der Waals surface area contributed by atoms with Gasteiger partial charge in [0.05, 0.1) is 6.61 Å². The van der Waals surface area contributed by atoms with Gasteiger partial charge in [-0.1, -0.05) is 31.9 Å². The number of ether oxygens (including phenoxy) is 1. The molecule has 3 rings (SSSR count). The van der Waals surface area contributed by atoms with Crippen LogP contribution in [-0.2, 0) is 4.79 Å². The summed E-state index contributed by atoms with van der Waals surface area (Å²) in [5.74, 6) is 2.32. The predicted molar refractivity (Wildman–Crippen MR) is 88.1 cm³/mol. The van der Waals surface area contributed by atoms with E-state index in [9.17, 15) is 4.79 Å². The zero-order chi connectivity index (χ0) is 15.4. The zero-order valence-electron chi connectivity index (χ0n) is 13.5. The Morgan fingerprint density at radius 1 is 1.23 bits per heavy atom. The third-order valence-corrected chi connectivity index (χ3v) is 4.87. The average molecular weight is 301 g/mol. The first-order valence-electron chi connectivity index (χ1n) is 8.78. The molecule has 0 radical (unpaired) electrons. The second-order valence-electron chi connectivity index (χ2n) is 6.79. The predicted octanol–water partition coefficient (Wildman–Crippen LogP) is 4.03. The minimum Gasteiger partial charge on any atom is -0.494 e. The van der Waals surface area contributed by atoms with Gasteiger partial charge in [0.15, 0.2) is 0 Å². The zero-order valence-corrected chi connectivity index (χ0v) is 13.5. The summed E-state index contributed by atoms with van der Waals surface area (Å²) in [4.78, 5) is 12.1. The number of rotatable bonds is 7. The Bertz CT molecular complexity index is 491. The van der Waals surface area contributed by atoms with Crippen molar-refractivity contribution in [1.29, 1.82) is 0 Å².